The van der Waals surface area contributed by atoms with Crippen molar-refractivity contribution in [3.05, 3.63) is 11.6 Å². The Morgan fingerprint density at radius 1 is 0.955 bits per heavy atom. The topological polar surface area (TPSA) is 130 Å². The highest BCUT2D eigenvalue weighted by Gasteiger charge is 2.88. The van der Waals surface area contributed by atoms with Crippen LogP contribution in [-0.2, 0) is 23.9 Å². The normalized spacial score (nSPS) is 38.6. The summed E-state index contributed by atoms with van der Waals surface area (Å²) in [5.74, 6) is -4.31. The molecule has 44 heavy (non-hydrogen) atoms. The van der Waals surface area contributed by atoms with Crippen LogP contribution in [0.15, 0.2) is 11.6 Å². The van der Waals surface area contributed by atoms with Crippen LogP contribution in [0, 0.1) is 35.0 Å². The van der Waals surface area contributed by atoms with Crippen LogP contribution >= 0.6 is 0 Å². The number of aliphatic hydroxyl groups excluding tert-OH is 1. The molecule has 3 saturated carbocycles. The highest BCUT2D eigenvalue weighted by Crippen LogP contribution is 2.77. The van der Waals surface area contributed by atoms with Gasteiger partial charge >= 0.3 is 11.9 Å². The number of esters is 2. The minimum absolute atomic E-state index is 0.0557. The molecule has 4 aliphatic rings. The van der Waals surface area contributed by atoms with E-state index in [0.717, 1.165) is 19.3 Å². The van der Waals surface area contributed by atoms with E-state index in [2.05, 4.69) is 6.92 Å². The lowest BCUT2D eigenvalue weighted by molar-refractivity contribution is -0.233. The minimum Gasteiger partial charge on any atom is -0.458 e. The molecule has 9 atom stereocenters. The Kier molecular flexibility index (Phi) is 10.8. The van der Waals surface area contributed by atoms with Gasteiger partial charge in [-0.2, -0.15) is 0 Å². The Bertz CT molecular complexity index is 1100. The monoisotopic (exact) mass is 618 g/mol. The van der Waals surface area contributed by atoms with Gasteiger partial charge in [0, 0.05) is 54.8 Å². The summed E-state index contributed by atoms with van der Waals surface area (Å²) < 4.78 is 12.3. The Morgan fingerprint density at radius 2 is 1.52 bits per heavy atom. The maximum absolute atomic E-state index is 13.4. The molecule has 0 bridgehead atoms. The van der Waals surface area contributed by atoms with Gasteiger partial charge in [0.15, 0.2) is 11.4 Å². The van der Waals surface area contributed by atoms with Gasteiger partial charge in [-0.05, 0) is 18.4 Å². The highest BCUT2D eigenvalue weighted by molar-refractivity contribution is 5.92. The van der Waals surface area contributed by atoms with Crippen molar-refractivity contribution >= 4 is 17.7 Å². The summed E-state index contributed by atoms with van der Waals surface area (Å²) in [6.07, 6.45) is 14.2. The Labute approximate surface area is 264 Å². The highest BCUT2D eigenvalue weighted by atomic mass is 16.6. The summed E-state index contributed by atoms with van der Waals surface area (Å²) in [7, 11) is 0. The molecular weight excluding hydrogens is 560 g/mol. The average Bonchev–Trinajstić information content (AvgIpc) is 3.38. The van der Waals surface area contributed by atoms with Crippen LogP contribution in [0.1, 0.15) is 131 Å². The number of ketones is 1. The fourth-order valence-corrected chi connectivity index (χ4v) is 9.64. The molecule has 250 valence electrons. The van der Waals surface area contributed by atoms with Crippen LogP contribution in [-0.4, -0.2) is 62.6 Å². The van der Waals surface area contributed by atoms with Crippen molar-refractivity contribution in [3.8, 4) is 0 Å². The molecule has 8 nitrogen and oxygen atoms in total. The Balaban J connectivity index is 1.50. The van der Waals surface area contributed by atoms with E-state index in [1.165, 1.54) is 51.9 Å². The maximum Gasteiger partial charge on any atom is 0.306 e. The third kappa shape index (κ3) is 5.92. The van der Waals surface area contributed by atoms with Crippen LogP contribution in [0.2, 0.25) is 0 Å². The SMILES string of the molecule is CCCCCCCCCCCCCC(=O)O[C@@H]1[C@@H](C)[C@@]2(O)[C@@H](C=C(CO)C[C@]3(O)C(=O)C(C)C[C@@H]23)[C@@H]2C(C)(C)[C@]12OC(C)=O. The number of hydrogen-bond acceptors (Lipinski definition) is 8. The number of carbonyl (C=O) groups excluding carboxylic acids is 3. The lowest BCUT2D eigenvalue weighted by Gasteiger charge is -2.53. The number of hydrogen-bond donors (Lipinski definition) is 3. The van der Waals surface area contributed by atoms with Gasteiger partial charge in [0.1, 0.15) is 11.7 Å². The first-order chi connectivity index (χ1) is 20.7. The zero-order valence-corrected chi connectivity index (χ0v) is 28.0. The van der Waals surface area contributed by atoms with E-state index in [0.29, 0.717) is 12.0 Å². The molecule has 8 heteroatoms. The molecule has 4 rings (SSSR count). The second-order valence-electron chi connectivity index (χ2n) is 15.1. The summed E-state index contributed by atoms with van der Waals surface area (Å²) in [6.45, 7) is 10.7. The van der Waals surface area contributed by atoms with E-state index < -0.39 is 63.9 Å². The largest absolute Gasteiger partial charge is 0.458 e. The number of rotatable bonds is 15. The molecule has 0 aromatic rings. The van der Waals surface area contributed by atoms with Crippen molar-refractivity contribution < 1.29 is 39.2 Å². The van der Waals surface area contributed by atoms with Crippen molar-refractivity contribution in [1.29, 1.82) is 0 Å². The Hall–Kier alpha value is -1.77. The van der Waals surface area contributed by atoms with Crippen LogP contribution in [0.3, 0.4) is 0 Å². The summed E-state index contributed by atoms with van der Waals surface area (Å²) in [5.41, 5.74) is -4.82. The van der Waals surface area contributed by atoms with Crippen molar-refractivity contribution in [2.75, 3.05) is 6.61 Å². The maximum atomic E-state index is 13.4. The van der Waals surface area contributed by atoms with Gasteiger partial charge in [0.25, 0.3) is 0 Å². The lowest BCUT2D eigenvalue weighted by Crippen LogP contribution is -2.66. The van der Waals surface area contributed by atoms with E-state index in [9.17, 15) is 29.7 Å². The molecular formula is C36H58O8. The van der Waals surface area contributed by atoms with Crippen LogP contribution in [0.5, 0.6) is 0 Å². The number of aliphatic hydroxyl groups is 3. The molecule has 0 radical (unpaired) electrons. The van der Waals surface area contributed by atoms with Crippen molar-refractivity contribution in [3.63, 3.8) is 0 Å². The standard InChI is InChI=1S/C36H58O8/c1-7-8-9-10-11-12-13-14-15-16-17-18-29(39)43-32-24(3)35(42)27(30-33(5,6)36(30,32)44-25(4)38)20-26(22-37)21-34(41)28(35)19-23(2)31(34)40/h20,23-24,27-28,30,32,37,41-42H,7-19,21-22H2,1-6H3/t23?,24-,27+,28-,30-,32-,34-,35-,36-/m1/s1. The number of ether oxygens (including phenoxy) is 2. The van der Waals surface area contributed by atoms with E-state index in [1.54, 1.807) is 19.9 Å². The molecule has 0 amide bonds. The quantitative estimate of drug-likeness (QED) is 0.119. The molecule has 0 spiro atoms. The predicted octanol–water partition coefficient (Wildman–Crippen LogP) is 5.83. The van der Waals surface area contributed by atoms with Gasteiger partial charge in [0.2, 0.25) is 0 Å². The lowest BCUT2D eigenvalue weighted by atomic mass is 9.58. The third-order valence-corrected chi connectivity index (χ3v) is 11.9. The smallest absolute Gasteiger partial charge is 0.306 e. The van der Waals surface area contributed by atoms with Gasteiger partial charge in [-0.3, -0.25) is 14.4 Å². The minimum atomic E-state index is -1.84. The first-order valence-electron chi connectivity index (χ1n) is 17.4. The molecule has 4 aliphatic carbocycles. The van der Waals surface area contributed by atoms with Gasteiger partial charge < -0.3 is 24.8 Å². The van der Waals surface area contributed by atoms with E-state index in [4.69, 9.17) is 9.47 Å². The van der Waals surface area contributed by atoms with Gasteiger partial charge in [0.05, 0.1) is 12.2 Å². The average molecular weight is 619 g/mol. The van der Waals surface area contributed by atoms with E-state index >= 15 is 0 Å². The van der Waals surface area contributed by atoms with E-state index in [-0.39, 0.29) is 37.6 Å². The molecule has 3 N–H and O–H groups in total. The molecule has 0 aromatic carbocycles. The number of fused-ring (bicyclic) bond motifs is 5. The number of unbranched alkanes of at least 4 members (excludes halogenated alkanes) is 10. The number of carbonyl (C=O) groups is 3. The summed E-state index contributed by atoms with van der Waals surface area (Å²) in [6, 6.07) is 0. The van der Waals surface area contributed by atoms with Crippen LogP contribution < -0.4 is 0 Å². The van der Waals surface area contributed by atoms with Crippen LogP contribution in [0.25, 0.3) is 0 Å². The second kappa shape index (κ2) is 13.5. The van der Waals surface area contributed by atoms with Crippen LogP contribution in [0.4, 0.5) is 0 Å². The molecule has 1 unspecified atom stereocenters. The zero-order chi connectivity index (χ0) is 32.5. The summed E-state index contributed by atoms with van der Waals surface area (Å²) in [4.78, 5) is 39.2. The Morgan fingerprint density at radius 3 is 2.07 bits per heavy atom. The fraction of sp³-hybridized carbons (Fsp3) is 0.861. The van der Waals surface area contributed by atoms with Crippen molar-refractivity contribution in [2.45, 2.75) is 154 Å². The van der Waals surface area contributed by atoms with Gasteiger partial charge in [-0.1, -0.05) is 105 Å². The molecule has 0 saturated heterocycles. The predicted molar refractivity (Wildman–Crippen MR) is 167 cm³/mol. The first kappa shape index (κ1) is 35.1. The van der Waals surface area contributed by atoms with E-state index in [1.807, 2.05) is 13.8 Å². The number of Topliss-reactive ketones (excluding diaryl/α,β-unsaturated/α-hetero) is 1. The third-order valence-electron chi connectivity index (χ3n) is 11.9. The van der Waals surface area contributed by atoms with Crippen molar-refractivity contribution in [2.24, 2.45) is 35.0 Å². The molecule has 0 aromatic heterocycles. The second-order valence-corrected chi connectivity index (χ2v) is 15.1. The summed E-state index contributed by atoms with van der Waals surface area (Å²) in [5, 5.41) is 34.9. The molecule has 3 fully saturated rings. The summed E-state index contributed by atoms with van der Waals surface area (Å²) >= 11 is 0. The van der Waals surface area contributed by atoms with Gasteiger partial charge in [-0.15, -0.1) is 0 Å². The molecule has 0 heterocycles. The van der Waals surface area contributed by atoms with Crippen molar-refractivity contribution in [1.82, 2.24) is 0 Å². The molecule has 0 aliphatic heterocycles. The fourth-order valence-electron chi connectivity index (χ4n) is 9.64. The first-order valence-corrected chi connectivity index (χ1v) is 17.4. The van der Waals surface area contributed by atoms with Gasteiger partial charge in [-0.25, -0.2) is 0 Å². The zero-order valence-electron chi connectivity index (χ0n) is 28.0.